The first-order chi connectivity index (χ1) is 12.5. The molecular weight excluding hydrogens is 381 g/mol. The molecule has 0 saturated heterocycles. The highest BCUT2D eigenvalue weighted by atomic mass is 32.2. The average molecular weight is 398 g/mol. The van der Waals surface area contributed by atoms with Gasteiger partial charge in [0.1, 0.15) is 0 Å². The SMILES string of the molecule is Cc1ccc(C)c(S[C@@H](C)C(=O)Nc2ccc([N+](=O)[O-])cc2C(F)(F)F)c1. The highest BCUT2D eigenvalue weighted by Crippen LogP contribution is 2.37. The Morgan fingerprint density at radius 3 is 2.44 bits per heavy atom. The lowest BCUT2D eigenvalue weighted by Gasteiger charge is -2.17. The van der Waals surface area contributed by atoms with Gasteiger partial charge >= 0.3 is 6.18 Å². The Morgan fingerprint density at radius 1 is 1.19 bits per heavy atom. The molecule has 2 aromatic carbocycles. The number of halogens is 3. The Bertz CT molecular complexity index is 885. The second-order valence-electron chi connectivity index (χ2n) is 6.00. The first kappa shape index (κ1) is 20.8. The van der Waals surface area contributed by atoms with Gasteiger partial charge in [0.15, 0.2) is 0 Å². The molecular formula is C18H17F3N2O3S. The summed E-state index contributed by atoms with van der Waals surface area (Å²) in [6, 6.07) is 7.97. The molecule has 0 aliphatic rings. The van der Waals surface area contributed by atoms with Gasteiger partial charge in [-0.1, -0.05) is 17.7 Å². The van der Waals surface area contributed by atoms with E-state index in [1.807, 2.05) is 32.0 Å². The van der Waals surface area contributed by atoms with Crippen LogP contribution in [-0.4, -0.2) is 16.1 Å². The second kappa shape index (κ2) is 7.99. The standard InChI is InChI=1S/C18H17F3N2O3S/c1-10-4-5-11(2)16(8-10)27-12(3)17(24)22-15-7-6-13(23(25)26)9-14(15)18(19,20)21/h4-9,12H,1-3H3,(H,22,24)/t12-/m0/s1. The fourth-order valence-electron chi connectivity index (χ4n) is 2.30. The van der Waals surface area contributed by atoms with E-state index < -0.39 is 39.2 Å². The van der Waals surface area contributed by atoms with E-state index in [1.54, 1.807) is 6.92 Å². The van der Waals surface area contributed by atoms with Gasteiger partial charge < -0.3 is 5.32 Å². The van der Waals surface area contributed by atoms with Gasteiger partial charge in [-0.05, 0) is 38.5 Å². The van der Waals surface area contributed by atoms with Gasteiger partial charge in [0, 0.05) is 17.0 Å². The van der Waals surface area contributed by atoms with Crippen LogP contribution >= 0.6 is 11.8 Å². The van der Waals surface area contributed by atoms with Crippen LogP contribution in [0.4, 0.5) is 24.5 Å². The number of rotatable bonds is 5. The van der Waals surface area contributed by atoms with E-state index in [0.717, 1.165) is 28.2 Å². The minimum Gasteiger partial charge on any atom is -0.325 e. The Balaban J connectivity index is 2.24. The maximum Gasteiger partial charge on any atom is 0.418 e. The van der Waals surface area contributed by atoms with Crippen LogP contribution in [0.5, 0.6) is 0 Å². The van der Waals surface area contributed by atoms with Crippen LogP contribution in [0.2, 0.25) is 0 Å². The first-order valence-electron chi connectivity index (χ1n) is 7.89. The molecule has 0 heterocycles. The predicted octanol–water partition coefficient (Wildman–Crippen LogP) is 5.35. The summed E-state index contributed by atoms with van der Waals surface area (Å²) in [5.41, 5.74) is -0.499. The van der Waals surface area contributed by atoms with E-state index in [9.17, 15) is 28.1 Å². The molecule has 0 bridgehead atoms. The molecule has 1 atom stereocenters. The number of thioether (sulfide) groups is 1. The van der Waals surface area contributed by atoms with Crippen molar-refractivity contribution in [3.63, 3.8) is 0 Å². The molecule has 0 radical (unpaired) electrons. The number of carbonyl (C=O) groups excluding carboxylic acids is 1. The number of hydrogen-bond donors (Lipinski definition) is 1. The summed E-state index contributed by atoms with van der Waals surface area (Å²) in [6.45, 7) is 5.37. The highest BCUT2D eigenvalue weighted by molar-refractivity contribution is 8.00. The Labute approximate surface area is 158 Å². The molecule has 9 heteroatoms. The maximum absolute atomic E-state index is 13.2. The average Bonchev–Trinajstić information content (AvgIpc) is 2.57. The number of benzene rings is 2. The van der Waals surface area contributed by atoms with Crippen LogP contribution < -0.4 is 5.32 Å². The van der Waals surface area contributed by atoms with Gasteiger partial charge in [-0.3, -0.25) is 14.9 Å². The van der Waals surface area contributed by atoms with E-state index >= 15 is 0 Å². The first-order valence-corrected chi connectivity index (χ1v) is 8.77. The van der Waals surface area contributed by atoms with Crippen molar-refractivity contribution >= 4 is 29.0 Å². The second-order valence-corrected chi connectivity index (χ2v) is 7.39. The zero-order valence-electron chi connectivity index (χ0n) is 14.8. The van der Waals surface area contributed by atoms with Crippen molar-refractivity contribution in [3.8, 4) is 0 Å². The molecule has 0 aliphatic carbocycles. The van der Waals surface area contributed by atoms with Crippen molar-refractivity contribution in [2.75, 3.05) is 5.32 Å². The molecule has 1 amide bonds. The number of hydrogen-bond acceptors (Lipinski definition) is 4. The third-order valence-corrected chi connectivity index (χ3v) is 5.06. The third-order valence-electron chi connectivity index (χ3n) is 3.79. The number of nitro benzene ring substituents is 1. The molecule has 0 unspecified atom stereocenters. The van der Waals surface area contributed by atoms with Crippen LogP contribution in [-0.2, 0) is 11.0 Å². The normalized spacial score (nSPS) is 12.5. The number of alkyl halides is 3. The largest absolute Gasteiger partial charge is 0.418 e. The van der Waals surface area contributed by atoms with Gasteiger partial charge in [0.05, 0.1) is 21.4 Å². The van der Waals surface area contributed by atoms with Crippen LogP contribution in [0.25, 0.3) is 0 Å². The third kappa shape index (κ3) is 5.22. The number of nitro groups is 1. The van der Waals surface area contributed by atoms with Crippen molar-refractivity contribution in [3.05, 3.63) is 63.2 Å². The minimum absolute atomic E-state index is 0.415. The number of carbonyl (C=O) groups is 1. The lowest BCUT2D eigenvalue weighted by Crippen LogP contribution is -2.24. The van der Waals surface area contributed by atoms with Crippen molar-refractivity contribution < 1.29 is 22.9 Å². The summed E-state index contributed by atoms with van der Waals surface area (Å²) in [4.78, 5) is 23.1. The summed E-state index contributed by atoms with van der Waals surface area (Å²) in [7, 11) is 0. The number of non-ortho nitro benzene ring substituents is 1. The van der Waals surface area contributed by atoms with E-state index in [4.69, 9.17) is 0 Å². The van der Waals surface area contributed by atoms with Gasteiger partial charge in [-0.25, -0.2) is 0 Å². The maximum atomic E-state index is 13.2. The molecule has 5 nitrogen and oxygen atoms in total. The van der Waals surface area contributed by atoms with E-state index in [2.05, 4.69) is 5.32 Å². The van der Waals surface area contributed by atoms with Gasteiger partial charge in [0.25, 0.3) is 5.69 Å². The number of amides is 1. The van der Waals surface area contributed by atoms with E-state index in [0.29, 0.717) is 6.07 Å². The van der Waals surface area contributed by atoms with Crippen LogP contribution in [0, 0.1) is 24.0 Å². The molecule has 0 saturated carbocycles. The molecule has 0 aliphatic heterocycles. The molecule has 27 heavy (non-hydrogen) atoms. The summed E-state index contributed by atoms with van der Waals surface area (Å²) in [6.07, 6.45) is -4.84. The topological polar surface area (TPSA) is 72.2 Å². The summed E-state index contributed by atoms with van der Waals surface area (Å²) in [5, 5.41) is 12.3. The van der Waals surface area contributed by atoms with Crippen LogP contribution in [0.3, 0.4) is 0 Å². The zero-order chi connectivity index (χ0) is 20.4. The van der Waals surface area contributed by atoms with Crippen molar-refractivity contribution in [1.29, 1.82) is 0 Å². The van der Waals surface area contributed by atoms with Gasteiger partial charge in [-0.15, -0.1) is 11.8 Å². The van der Waals surface area contributed by atoms with Gasteiger partial charge in [0.2, 0.25) is 5.91 Å². The van der Waals surface area contributed by atoms with Crippen molar-refractivity contribution in [2.24, 2.45) is 0 Å². The quantitative estimate of drug-likeness (QED) is 0.419. The summed E-state index contributed by atoms with van der Waals surface area (Å²) in [5.74, 6) is -0.625. The van der Waals surface area contributed by atoms with E-state index in [-0.39, 0.29) is 0 Å². The zero-order valence-corrected chi connectivity index (χ0v) is 15.6. The fraction of sp³-hybridized carbons (Fsp3) is 0.278. The molecule has 2 rings (SSSR count). The lowest BCUT2D eigenvalue weighted by atomic mass is 10.1. The van der Waals surface area contributed by atoms with Crippen LogP contribution in [0.1, 0.15) is 23.6 Å². The Hall–Kier alpha value is -2.55. The lowest BCUT2D eigenvalue weighted by molar-refractivity contribution is -0.385. The predicted molar refractivity (Wildman–Crippen MR) is 98.0 cm³/mol. The number of nitrogens with zero attached hydrogens (tertiary/aromatic N) is 1. The Morgan fingerprint density at radius 2 is 1.85 bits per heavy atom. The minimum atomic E-state index is -4.84. The molecule has 0 aromatic heterocycles. The monoisotopic (exact) mass is 398 g/mol. The number of aryl methyl sites for hydroxylation is 2. The van der Waals surface area contributed by atoms with Crippen LogP contribution in [0.15, 0.2) is 41.3 Å². The number of nitrogens with one attached hydrogen (secondary N) is 1. The fourth-order valence-corrected chi connectivity index (χ4v) is 3.36. The number of anilines is 1. The highest BCUT2D eigenvalue weighted by Gasteiger charge is 2.36. The molecule has 0 fully saturated rings. The summed E-state index contributed by atoms with van der Waals surface area (Å²) < 4.78 is 39.6. The van der Waals surface area contributed by atoms with E-state index in [1.165, 1.54) is 11.8 Å². The van der Waals surface area contributed by atoms with Gasteiger partial charge in [-0.2, -0.15) is 13.2 Å². The molecule has 144 valence electrons. The van der Waals surface area contributed by atoms with Crippen molar-refractivity contribution in [2.45, 2.75) is 37.1 Å². The van der Waals surface area contributed by atoms with Crippen molar-refractivity contribution in [1.82, 2.24) is 0 Å². The molecule has 1 N–H and O–H groups in total. The Kier molecular flexibility index (Phi) is 6.15. The molecule has 0 spiro atoms. The smallest absolute Gasteiger partial charge is 0.325 e. The molecule has 2 aromatic rings. The summed E-state index contributed by atoms with van der Waals surface area (Å²) >= 11 is 1.23.